The van der Waals surface area contributed by atoms with E-state index in [1.807, 2.05) is 6.07 Å². The molecule has 138 valence electrons. The Hall–Kier alpha value is -2.44. The Balaban J connectivity index is 1.78. The summed E-state index contributed by atoms with van der Waals surface area (Å²) < 4.78 is 39.7. The molecule has 0 unspecified atom stereocenters. The number of anilines is 1. The summed E-state index contributed by atoms with van der Waals surface area (Å²) >= 11 is 0. The van der Waals surface area contributed by atoms with Crippen LogP contribution in [-0.4, -0.2) is 22.1 Å². The molecular formula is C19H20F3N3O. The maximum atomic E-state index is 13.2. The standard InChI is InChI=1S/C19H20F3N3O/c1-12-23-10-9-17(24-12)13-5-4-6-14(11-13)25-18(26)15-7-2-3-8-16(15)19(20,21)22/h4-6,9-11,15-16H,2-3,7-8H2,1H3,(H,25,26)/t15-,16+/m1/s1. The summed E-state index contributed by atoms with van der Waals surface area (Å²) in [4.78, 5) is 20.9. The number of benzene rings is 1. The average molecular weight is 363 g/mol. The molecule has 2 atom stereocenters. The number of hydrogen-bond donors (Lipinski definition) is 1. The van der Waals surface area contributed by atoms with E-state index < -0.39 is 23.9 Å². The van der Waals surface area contributed by atoms with Crippen molar-refractivity contribution in [2.24, 2.45) is 11.8 Å². The first-order chi connectivity index (χ1) is 12.3. The van der Waals surface area contributed by atoms with Crippen LogP contribution in [0.15, 0.2) is 36.5 Å². The minimum atomic E-state index is -4.34. The van der Waals surface area contributed by atoms with Crippen LogP contribution in [-0.2, 0) is 4.79 Å². The predicted molar refractivity (Wildman–Crippen MR) is 92.3 cm³/mol. The highest BCUT2D eigenvalue weighted by Gasteiger charge is 2.48. The number of halogens is 3. The SMILES string of the molecule is Cc1nccc(-c2cccc(NC(=O)[C@@H]3CCCC[C@@H]3C(F)(F)F)c2)n1. The smallest absolute Gasteiger partial charge is 0.326 e. The van der Waals surface area contributed by atoms with Gasteiger partial charge in [0.2, 0.25) is 5.91 Å². The van der Waals surface area contributed by atoms with Crippen LogP contribution in [0.3, 0.4) is 0 Å². The van der Waals surface area contributed by atoms with Crippen LogP contribution in [0.1, 0.15) is 31.5 Å². The van der Waals surface area contributed by atoms with Crippen molar-refractivity contribution in [3.63, 3.8) is 0 Å². The lowest BCUT2D eigenvalue weighted by atomic mass is 9.78. The lowest BCUT2D eigenvalue weighted by Gasteiger charge is -2.32. The molecule has 1 aromatic carbocycles. The number of amides is 1. The largest absolute Gasteiger partial charge is 0.392 e. The Morgan fingerprint density at radius 1 is 1.19 bits per heavy atom. The summed E-state index contributed by atoms with van der Waals surface area (Å²) in [6.07, 6.45) is -1.27. The molecule has 26 heavy (non-hydrogen) atoms. The number of nitrogens with zero attached hydrogens (tertiary/aromatic N) is 2. The van der Waals surface area contributed by atoms with Crippen LogP contribution >= 0.6 is 0 Å². The van der Waals surface area contributed by atoms with Gasteiger partial charge < -0.3 is 5.32 Å². The lowest BCUT2D eigenvalue weighted by molar-refractivity contribution is -0.197. The van der Waals surface area contributed by atoms with Gasteiger partial charge in [0, 0.05) is 23.4 Å². The number of aromatic nitrogens is 2. The second-order valence-corrected chi connectivity index (χ2v) is 6.60. The molecule has 1 N–H and O–H groups in total. The van der Waals surface area contributed by atoms with E-state index in [2.05, 4.69) is 15.3 Å². The van der Waals surface area contributed by atoms with E-state index in [0.717, 1.165) is 5.56 Å². The number of alkyl halides is 3. The van der Waals surface area contributed by atoms with E-state index in [-0.39, 0.29) is 12.8 Å². The maximum absolute atomic E-state index is 13.2. The first-order valence-corrected chi connectivity index (χ1v) is 8.62. The number of carbonyl (C=O) groups excluding carboxylic acids is 1. The Labute approximate surface area is 149 Å². The second-order valence-electron chi connectivity index (χ2n) is 6.60. The Morgan fingerprint density at radius 3 is 2.69 bits per heavy atom. The number of nitrogens with one attached hydrogen (secondary N) is 1. The minimum absolute atomic E-state index is 0.0157. The Morgan fingerprint density at radius 2 is 1.96 bits per heavy atom. The van der Waals surface area contributed by atoms with E-state index in [4.69, 9.17) is 0 Å². The van der Waals surface area contributed by atoms with Crippen LogP contribution in [0.25, 0.3) is 11.3 Å². The number of hydrogen-bond acceptors (Lipinski definition) is 3. The van der Waals surface area contributed by atoms with Gasteiger partial charge in [-0.1, -0.05) is 25.0 Å². The number of carbonyl (C=O) groups is 1. The molecule has 0 aliphatic heterocycles. The van der Waals surface area contributed by atoms with Gasteiger partial charge in [-0.3, -0.25) is 4.79 Å². The van der Waals surface area contributed by atoms with Gasteiger partial charge >= 0.3 is 6.18 Å². The third kappa shape index (κ3) is 4.20. The molecule has 1 fully saturated rings. The van der Waals surface area contributed by atoms with Crippen molar-refractivity contribution in [1.29, 1.82) is 0 Å². The zero-order valence-electron chi connectivity index (χ0n) is 14.4. The van der Waals surface area contributed by atoms with Gasteiger partial charge in [-0.05, 0) is 38.0 Å². The monoisotopic (exact) mass is 363 g/mol. The molecule has 0 radical (unpaired) electrons. The fourth-order valence-electron chi connectivity index (χ4n) is 3.44. The van der Waals surface area contributed by atoms with Crippen molar-refractivity contribution in [2.45, 2.75) is 38.8 Å². The van der Waals surface area contributed by atoms with Crippen LogP contribution < -0.4 is 5.32 Å². The van der Waals surface area contributed by atoms with E-state index in [1.54, 1.807) is 37.4 Å². The van der Waals surface area contributed by atoms with Crippen LogP contribution in [0.5, 0.6) is 0 Å². The molecule has 1 saturated carbocycles. The molecule has 1 aliphatic rings. The zero-order chi connectivity index (χ0) is 18.7. The molecule has 0 bridgehead atoms. The molecule has 1 heterocycles. The molecule has 2 aromatic rings. The highest BCUT2D eigenvalue weighted by atomic mass is 19.4. The van der Waals surface area contributed by atoms with Crippen molar-refractivity contribution in [1.82, 2.24) is 9.97 Å². The highest BCUT2D eigenvalue weighted by molar-refractivity contribution is 5.93. The maximum Gasteiger partial charge on any atom is 0.392 e. The van der Waals surface area contributed by atoms with Gasteiger partial charge in [-0.25, -0.2) is 9.97 Å². The second kappa shape index (κ2) is 7.43. The quantitative estimate of drug-likeness (QED) is 0.855. The summed E-state index contributed by atoms with van der Waals surface area (Å²) in [5, 5.41) is 2.66. The van der Waals surface area contributed by atoms with E-state index >= 15 is 0 Å². The molecule has 1 aromatic heterocycles. The van der Waals surface area contributed by atoms with Gasteiger partial charge in [0.25, 0.3) is 0 Å². The van der Waals surface area contributed by atoms with Gasteiger partial charge in [-0.15, -0.1) is 0 Å². The van der Waals surface area contributed by atoms with Crippen molar-refractivity contribution in [3.05, 3.63) is 42.4 Å². The highest BCUT2D eigenvalue weighted by Crippen LogP contribution is 2.42. The first kappa shape index (κ1) is 18.4. The van der Waals surface area contributed by atoms with Gasteiger partial charge in [0.1, 0.15) is 5.82 Å². The average Bonchev–Trinajstić information content (AvgIpc) is 2.61. The Kier molecular flexibility index (Phi) is 5.25. The fourth-order valence-corrected chi connectivity index (χ4v) is 3.44. The van der Waals surface area contributed by atoms with Crippen molar-refractivity contribution in [2.75, 3.05) is 5.32 Å². The normalized spacial score (nSPS) is 20.6. The third-order valence-corrected chi connectivity index (χ3v) is 4.73. The summed E-state index contributed by atoms with van der Waals surface area (Å²) in [7, 11) is 0. The van der Waals surface area contributed by atoms with Crippen molar-refractivity contribution >= 4 is 11.6 Å². The zero-order valence-corrected chi connectivity index (χ0v) is 14.4. The summed E-state index contributed by atoms with van der Waals surface area (Å²) in [6, 6.07) is 8.70. The predicted octanol–water partition coefficient (Wildman–Crippen LogP) is 4.76. The summed E-state index contributed by atoms with van der Waals surface area (Å²) in [5.74, 6) is -2.55. The third-order valence-electron chi connectivity index (χ3n) is 4.73. The van der Waals surface area contributed by atoms with Gasteiger partial charge in [-0.2, -0.15) is 13.2 Å². The molecule has 4 nitrogen and oxygen atoms in total. The topological polar surface area (TPSA) is 54.9 Å². The molecule has 3 rings (SSSR count). The number of rotatable bonds is 3. The minimum Gasteiger partial charge on any atom is -0.326 e. The molecular weight excluding hydrogens is 343 g/mol. The molecule has 7 heteroatoms. The van der Waals surface area contributed by atoms with Crippen LogP contribution in [0, 0.1) is 18.8 Å². The van der Waals surface area contributed by atoms with Crippen LogP contribution in [0.4, 0.5) is 18.9 Å². The fraction of sp³-hybridized carbons (Fsp3) is 0.421. The number of aryl methyl sites for hydroxylation is 1. The van der Waals surface area contributed by atoms with E-state index in [9.17, 15) is 18.0 Å². The Bertz CT molecular complexity index is 792. The molecule has 0 spiro atoms. The summed E-state index contributed by atoms with van der Waals surface area (Å²) in [6.45, 7) is 1.77. The van der Waals surface area contributed by atoms with E-state index in [0.29, 0.717) is 30.0 Å². The van der Waals surface area contributed by atoms with Gasteiger partial charge in [0.05, 0.1) is 11.6 Å². The molecule has 1 amide bonds. The molecule has 0 saturated heterocycles. The van der Waals surface area contributed by atoms with E-state index in [1.165, 1.54) is 0 Å². The van der Waals surface area contributed by atoms with Crippen molar-refractivity contribution in [3.8, 4) is 11.3 Å². The van der Waals surface area contributed by atoms with Crippen molar-refractivity contribution < 1.29 is 18.0 Å². The molecule has 1 aliphatic carbocycles. The van der Waals surface area contributed by atoms with Crippen LogP contribution in [0.2, 0.25) is 0 Å². The lowest BCUT2D eigenvalue weighted by Crippen LogP contribution is -2.39. The van der Waals surface area contributed by atoms with Gasteiger partial charge in [0.15, 0.2) is 0 Å². The first-order valence-electron chi connectivity index (χ1n) is 8.62. The summed E-state index contributed by atoms with van der Waals surface area (Å²) in [5.41, 5.74) is 1.93.